The number of aliphatic hydroxyl groups excluding tert-OH is 1. The Morgan fingerprint density at radius 3 is 2.43 bits per heavy atom. The van der Waals surface area contributed by atoms with Crippen LogP contribution in [0.4, 0.5) is 5.69 Å². The lowest BCUT2D eigenvalue weighted by atomic mass is 10.1. The average molecular weight is 423 g/mol. The van der Waals surface area contributed by atoms with Crippen LogP contribution in [0.1, 0.15) is 12.5 Å². The van der Waals surface area contributed by atoms with Crippen LogP contribution in [-0.4, -0.2) is 39.4 Å². The average Bonchev–Trinajstić information content (AvgIpc) is 2.69. The fourth-order valence-electron chi connectivity index (χ4n) is 2.19. The number of ether oxygens (including phenoxy) is 1. The van der Waals surface area contributed by atoms with Crippen molar-refractivity contribution in [1.29, 1.82) is 0 Å². The van der Waals surface area contributed by atoms with Crippen molar-refractivity contribution in [3.8, 4) is 0 Å². The van der Waals surface area contributed by atoms with Crippen LogP contribution >= 0.6 is 11.6 Å². The Morgan fingerprint density at radius 2 is 1.86 bits per heavy atom. The number of hydrogen-bond acceptors (Lipinski definition) is 6. The smallest absolute Gasteiger partial charge is 0.343 e. The first-order valence-electron chi connectivity index (χ1n) is 8.23. The van der Waals surface area contributed by atoms with Gasteiger partial charge in [-0.05, 0) is 50.4 Å². The predicted molar refractivity (Wildman–Crippen MR) is 108 cm³/mol. The number of aliphatic hydroxyl groups is 1. The molecule has 0 unspecified atom stereocenters. The lowest BCUT2D eigenvalue weighted by Gasteiger charge is -2.08. The third-order valence-electron chi connectivity index (χ3n) is 3.64. The summed E-state index contributed by atoms with van der Waals surface area (Å²) in [6, 6.07) is 12.2. The molecular formula is C19H19ClN2O5S. The number of rotatable bonds is 7. The molecule has 0 atom stereocenters. The molecule has 2 N–H and O–H groups in total. The van der Waals surface area contributed by atoms with Gasteiger partial charge < -0.3 is 9.84 Å². The highest BCUT2D eigenvalue weighted by Gasteiger charge is 2.18. The molecule has 0 aliphatic rings. The third-order valence-corrected chi connectivity index (χ3v) is 5.40. The Labute approximate surface area is 168 Å². The molecule has 2 aromatic rings. The van der Waals surface area contributed by atoms with Gasteiger partial charge in [0.1, 0.15) is 11.3 Å². The molecule has 0 saturated carbocycles. The quantitative estimate of drug-likeness (QED) is 0.307. The van der Waals surface area contributed by atoms with E-state index in [1.165, 1.54) is 31.3 Å². The number of hydrogen-bond donors (Lipinski definition) is 2. The number of sulfonamides is 1. The zero-order valence-electron chi connectivity index (χ0n) is 15.2. The van der Waals surface area contributed by atoms with E-state index in [0.717, 1.165) is 6.21 Å². The number of halogens is 1. The van der Waals surface area contributed by atoms with Gasteiger partial charge in [-0.2, -0.15) is 0 Å². The van der Waals surface area contributed by atoms with Crippen LogP contribution in [0.15, 0.2) is 64.0 Å². The molecule has 2 rings (SSSR count). The zero-order valence-corrected chi connectivity index (χ0v) is 16.8. The molecule has 9 heteroatoms. The Bertz CT molecular complexity index is 1010. The minimum atomic E-state index is -3.56. The lowest BCUT2D eigenvalue weighted by Crippen LogP contribution is -2.18. The van der Waals surface area contributed by atoms with Gasteiger partial charge in [-0.3, -0.25) is 4.99 Å². The third kappa shape index (κ3) is 5.19. The van der Waals surface area contributed by atoms with Crippen molar-refractivity contribution >= 4 is 45.3 Å². The molecule has 0 aliphatic heterocycles. The van der Waals surface area contributed by atoms with Crippen molar-refractivity contribution in [2.24, 2.45) is 4.99 Å². The summed E-state index contributed by atoms with van der Waals surface area (Å²) in [7, 11) is -2.25. The number of carbonyl (C=O) groups excluding carboxylic acids is 1. The maximum Gasteiger partial charge on any atom is 0.343 e. The largest absolute Gasteiger partial charge is 0.506 e. The second kappa shape index (κ2) is 9.50. The van der Waals surface area contributed by atoms with E-state index in [1.54, 1.807) is 31.2 Å². The highest BCUT2D eigenvalue weighted by Crippen LogP contribution is 2.25. The molecule has 0 saturated heterocycles. The van der Waals surface area contributed by atoms with Gasteiger partial charge in [0.2, 0.25) is 10.0 Å². The molecule has 7 nitrogen and oxygen atoms in total. The van der Waals surface area contributed by atoms with E-state index in [4.69, 9.17) is 16.3 Å². The standard InChI is InChI=1S/C19H19ClN2O5S/c1-3-27-19(24)16(18(23)15-6-4-5-7-17(15)20)12-22-13-8-10-14(11-9-13)28(25,26)21-2/h4-12,21,23H,3H2,1-2H3. The monoisotopic (exact) mass is 422 g/mol. The predicted octanol–water partition coefficient (Wildman–Crippen LogP) is 3.48. The number of nitrogens with one attached hydrogen (secondary N) is 1. The van der Waals surface area contributed by atoms with E-state index in [9.17, 15) is 18.3 Å². The normalized spacial score (nSPS) is 12.7. The summed E-state index contributed by atoms with van der Waals surface area (Å²) in [6.45, 7) is 1.75. The van der Waals surface area contributed by atoms with E-state index in [-0.39, 0.29) is 33.4 Å². The maximum absolute atomic E-state index is 12.3. The van der Waals surface area contributed by atoms with Crippen LogP contribution in [0.25, 0.3) is 5.76 Å². The fraction of sp³-hybridized carbons (Fsp3) is 0.158. The molecular weight excluding hydrogens is 404 g/mol. The van der Waals surface area contributed by atoms with Gasteiger partial charge in [0.05, 0.1) is 22.2 Å². The van der Waals surface area contributed by atoms with Crippen molar-refractivity contribution in [3.05, 3.63) is 64.7 Å². The van der Waals surface area contributed by atoms with Gasteiger partial charge >= 0.3 is 5.97 Å². The van der Waals surface area contributed by atoms with Crippen molar-refractivity contribution in [2.75, 3.05) is 13.7 Å². The van der Waals surface area contributed by atoms with Gasteiger partial charge in [0, 0.05) is 11.8 Å². The van der Waals surface area contributed by atoms with Gasteiger partial charge in [-0.15, -0.1) is 0 Å². The van der Waals surface area contributed by atoms with Crippen LogP contribution < -0.4 is 4.72 Å². The summed E-state index contributed by atoms with van der Waals surface area (Å²) >= 11 is 6.08. The number of aliphatic imine (C=N–C) groups is 1. The van der Waals surface area contributed by atoms with Gasteiger partial charge in [-0.1, -0.05) is 23.7 Å². The number of nitrogens with zero attached hydrogens (tertiary/aromatic N) is 1. The summed E-state index contributed by atoms with van der Waals surface area (Å²) in [5.41, 5.74) is 0.458. The van der Waals surface area contributed by atoms with Crippen LogP contribution in [0.3, 0.4) is 0 Å². The van der Waals surface area contributed by atoms with E-state index >= 15 is 0 Å². The molecule has 0 bridgehead atoms. The summed E-state index contributed by atoms with van der Waals surface area (Å²) in [6.07, 6.45) is 1.15. The molecule has 2 aromatic carbocycles. The van der Waals surface area contributed by atoms with Crippen molar-refractivity contribution in [3.63, 3.8) is 0 Å². The number of esters is 1. The zero-order chi connectivity index (χ0) is 20.7. The van der Waals surface area contributed by atoms with Crippen LogP contribution in [0, 0.1) is 0 Å². The summed E-state index contributed by atoms with van der Waals surface area (Å²) in [5.74, 6) is -1.14. The van der Waals surface area contributed by atoms with Gasteiger partial charge in [-0.25, -0.2) is 17.9 Å². The second-order valence-corrected chi connectivity index (χ2v) is 7.72. The number of carbonyl (C=O) groups is 1. The molecule has 0 radical (unpaired) electrons. The molecule has 0 spiro atoms. The summed E-state index contributed by atoms with van der Waals surface area (Å²) in [5, 5.41) is 10.8. The van der Waals surface area contributed by atoms with Crippen molar-refractivity contribution in [2.45, 2.75) is 11.8 Å². The Kier molecular flexibility index (Phi) is 7.33. The molecule has 0 fully saturated rings. The van der Waals surface area contributed by atoms with Crippen LogP contribution in [-0.2, 0) is 19.6 Å². The highest BCUT2D eigenvalue weighted by molar-refractivity contribution is 7.89. The maximum atomic E-state index is 12.3. The SMILES string of the molecule is CCOC(=O)C(C=Nc1ccc(S(=O)(=O)NC)cc1)=C(O)c1ccccc1Cl. The van der Waals surface area contributed by atoms with E-state index < -0.39 is 16.0 Å². The number of benzene rings is 2. The highest BCUT2D eigenvalue weighted by atomic mass is 35.5. The summed E-state index contributed by atoms with van der Waals surface area (Å²) < 4.78 is 30.7. The van der Waals surface area contributed by atoms with Gasteiger partial charge in [0.25, 0.3) is 0 Å². The van der Waals surface area contributed by atoms with E-state index in [0.29, 0.717) is 5.69 Å². The molecule has 148 valence electrons. The minimum Gasteiger partial charge on any atom is -0.506 e. The minimum absolute atomic E-state index is 0.0778. The van der Waals surface area contributed by atoms with Crippen molar-refractivity contribution in [1.82, 2.24) is 4.72 Å². The molecule has 0 heterocycles. The van der Waals surface area contributed by atoms with Crippen molar-refractivity contribution < 1.29 is 23.1 Å². The lowest BCUT2D eigenvalue weighted by molar-refractivity contribution is -0.137. The van der Waals surface area contributed by atoms with Crippen LogP contribution in [0.2, 0.25) is 5.02 Å². The molecule has 0 amide bonds. The van der Waals surface area contributed by atoms with E-state index in [2.05, 4.69) is 9.71 Å². The molecule has 0 aromatic heterocycles. The second-order valence-electron chi connectivity index (χ2n) is 5.42. The van der Waals surface area contributed by atoms with Crippen LogP contribution in [0.5, 0.6) is 0 Å². The molecule has 0 aliphatic carbocycles. The first-order chi connectivity index (χ1) is 13.3. The topological polar surface area (TPSA) is 105 Å². The Morgan fingerprint density at radius 1 is 1.21 bits per heavy atom. The summed E-state index contributed by atoms with van der Waals surface area (Å²) in [4.78, 5) is 16.5. The Balaban J connectivity index is 2.42. The van der Waals surface area contributed by atoms with Gasteiger partial charge in [0.15, 0.2) is 0 Å². The first kappa shape index (κ1) is 21.6. The Hall–Kier alpha value is -2.68. The van der Waals surface area contributed by atoms with E-state index in [1.807, 2.05) is 0 Å². The first-order valence-corrected chi connectivity index (χ1v) is 10.1. The fourth-order valence-corrected chi connectivity index (χ4v) is 3.14. The molecule has 28 heavy (non-hydrogen) atoms.